The molecule has 1 N–H and O–H groups in total. The van der Waals surface area contributed by atoms with Crippen molar-refractivity contribution in [2.45, 2.75) is 83.3 Å². The maximum atomic E-state index is 13.3. The zero-order valence-electron chi connectivity index (χ0n) is 20.3. The molecule has 2 amide bonds. The summed E-state index contributed by atoms with van der Waals surface area (Å²) in [6.07, 6.45) is 8.45. The molecule has 0 spiro atoms. The molecule has 34 heavy (non-hydrogen) atoms. The maximum Gasteiger partial charge on any atom is 0.410 e. The second-order valence-corrected chi connectivity index (χ2v) is 10.8. The number of ether oxygens (including phenoxy) is 1. The molecule has 8 heteroatoms. The largest absolute Gasteiger partial charge is 0.444 e. The Hall–Kier alpha value is -2.54. The van der Waals surface area contributed by atoms with Crippen molar-refractivity contribution in [1.82, 2.24) is 20.0 Å². The lowest BCUT2D eigenvalue weighted by Crippen LogP contribution is -2.42. The number of amides is 2. The van der Waals surface area contributed by atoms with Gasteiger partial charge in [0.25, 0.3) is 5.91 Å². The molecule has 1 aromatic carbocycles. The molecule has 2 aliphatic rings. The van der Waals surface area contributed by atoms with Crippen molar-refractivity contribution in [1.29, 1.82) is 0 Å². The Morgan fingerprint density at radius 2 is 1.79 bits per heavy atom. The molecule has 0 atom stereocenters. The molecular formula is C26H35ClN4O3. The van der Waals surface area contributed by atoms with Gasteiger partial charge in [-0.25, -0.2) is 9.48 Å². The number of nitrogens with zero attached hydrogens (tertiary/aromatic N) is 3. The molecule has 0 radical (unpaired) electrons. The van der Waals surface area contributed by atoms with Crippen LogP contribution in [0.15, 0.2) is 30.5 Å². The molecular weight excluding hydrogens is 452 g/mol. The molecule has 0 unspecified atom stereocenters. The van der Waals surface area contributed by atoms with Gasteiger partial charge in [0.05, 0.1) is 23.1 Å². The molecule has 1 aliphatic heterocycles. The smallest absolute Gasteiger partial charge is 0.410 e. The third kappa shape index (κ3) is 5.93. The minimum absolute atomic E-state index is 0.0650. The third-order valence-electron chi connectivity index (χ3n) is 6.58. The highest BCUT2D eigenvalue weighted by atomic mass is 35.5. The van der Waals surface area contributed by atoms with Crippen molar-refractivity contribution in [3.63, 3.8) is 0 Å². The van der Waals surface area contributed by atoms with E-state index in [0.717, 1.165) is 49.9 Å². The lowest BCUT2D eigenvalue weighted by atomic mass is 9.90. The van der Waals surface area contributed by atoms with Crippen LogP contribution in [0.4, 0.5) is 4.79 Å². The predicted octanol–water partition coefficient (Wildman–Crippen LogP) is 5.70. The van der Waals surface area contributed by atoms with E-state index in [1.807, 2.05) is 49.7 Å². The summed E-state index contributed by atoms with van der Waals surface area (Å²) in [6, 6.07) is 7.73. The van der Waals surface area contributed by atoms with Gasteiger partial charge in [0.2, 0.25) is 0 Å². The molecule has 1 aliphatic carbocycles. The Labute approximate surface area is 206 Å². The molecule has 2 heterocycles. The summed E-state index contributed by atoms with van der Waals surface area (Å²) >= 11 is 6.26. The number of aromatic nitrogens is 2. The fourth-order valence-electron chi connectivity index (χ4n) is 4.91. The first-order chi connectivity index (χ1) is 16.2. The molecule has 1 aromatic heterocycles. The number of carbonyl (C=O) groups is 2. The van der Waals surface area contributed by atoms with Crippen LogP contribution in [0.3, 0.4) is 0 Å². The fraction of sp³-hybridized carbons (Fsp3) is 0.577. The van der Waals surface area contributed by atoms with Gasteiger partial charge in [0, 0.05) is 30.1 Å². The van der Waals surface area contributed by atoms with E-state index < -0.39 is 5.60 Å². The Balaban J connectivity index is 1.57. The Morgan fingerprint density at radius 3 is 2.44 bits per heavy atom. The van der Waals surface area contributed by atoms with Gasteiger partial charge < -0.3 is 15.0 Å². The highest BCUT2D eigenvalue weighted by Crippen LogP contribution is 2.33. The van der Waals surface area contributed by atoms with Crippen molar-refractivity contribution >= 4 is 23.6 Å². The van der Waals surface area contributed by atoms with Gasteiger partial charge in [-0.2, -0.15) is 5.10 Å². The first-order valence-electron chi connectivity index (χ1n) is 12.3. The zero-order valence-corrected chi connectivity index (χ0v) is 21.1. The standard InChI is InChI=1S/C26H35ClN4O3/c1-26(2,3)34-25(33)30-14-12-18(13-15-30)23-22(24(32)29-20-9-5-4-6-10-20)17-28-31(23)21-11-7-8-19(27)16-21/h7-8,11,16-18,20H,4-6,9-10,12-15H2,1-3H3,(H,29,32). The number of rotatable bonds is 4. The second kappa shape index (κ2) is 10.4. The normalized spacial score (nSPS) is 18.1. The summed E-state index contributed by atoms with van der Waals surface area (Å²) in [5, 5.41) is 8.47. The number of piperidine rings is 1. The van der Waals surface area contributed by atoms with E-state index >= 15 is 0 Å². The number of likely N-dealkylation sites (tertiary alicyclic amines) is 1. The second-order valence-electron chi connectivity index (χ2n) is 10.4. The lowest BCUT2D eigenvalue weighted by Gasteiger charge is -2.34. The fourth-order valence-corrected chi connectivity index (χ4v) is 5.10. The highest BCUT2D eigenvalue weighted by Gasteiger charge is 2.32. The van der Waals surface area contributed by atoms with Crippen LogP contribution in [0, 0.1) is 0 Å². The van der Waals surface area contributed by atoms with Crippen molar-refractivity contribution in [3.8, 4) is 5.69 Å². The molecule has 184 valence electrons. The summed E-state index contributed by atoms with van der Waals surface area (Å²) in [5.74, 6) is 0.0250. The van der Waals surface area contributed by atoms with E-state index in [2.05, 4.69) is 10.4 Å². The van der Waals surface area contributed by atoms with Gasteiger partial charge in [-0.05, 0) is 64.7 Å². The van der Waals surface area contributed by atoms with Crippen LogP contribution >= 0.6 is 11.6 Å². The average molecular weight is 487 g/mol. The number of hydrogen-bond acceptors (Lipinski definition) is 4. The lowest BCUT2D eigenvalue weighted by molar-refractivity contribution is 0.0203. The minimum atomic E-state index is -0.524. The number of carbonyl (C=O) groups excluding carboxylic acids is 2. The zero-order chi connectivity index (χ0) is 24.3. The van der Waals surface area contributed by atoms with Crippen LogP contribution < -0.4 is 5.32 Å². The van der Waals surface area contributed by atoms with Crippen molar-refractivity contribution in [2.75, 3.05) is 13.1 Å². The van der Waals surface area contributed by atoms with Crippen LogP contribution in [-0.4, -0.2) is 51.4 Å². The summed E-state index contributed by atoms with van der Waals surface area (Å²) in [5.41, 5.74) is 1.80. The molecule has 1 saturated carbocycles. The number of hydrogen-bond donors (Lipinski definition) is 1. The molecule has 0 bridgehead atoms. The summed E-state index contributed by atoms with van der Waals surface area (Å²) in [7, 11) is 0. The molecule has 1 saturated heterocycles. The van der Waals surface area contributed by atoms with Crippen LogP contribution in [-0.2, 0) is 4.74 Å². The van der Waals surface area contributed by atoms with Gasteiger partial charge in [-0.1, -0.05) is 36.9 Å². The summed E-state index contributed by atoms with van der Waals surface area (Å²) in [6.45, 7) is 6.77. The molecule has 4 rings (SSSR count). The topological polar surface area (TPSA) is 76.5 Å². The van der Waals surface area contributed by atoms with E-state index in [0.29, 0.717) is 23.7 Å². The van der Waals surface area contributed by atoms with Gasteiger partial charge >= 0.3 is 6.09 Å². The van der Waals surface area contributed by atoms with E-state index in [4.69, 9.17) is 16.3 Å². The van der Waals surface area contributed by atoms with E-state index in [1.54, 1.807) is 11.1 Å². The molecule has 2 fully saturated rings. The van der Waals surface area contributed by atoms with Crippen molar-refractivity contribution in [3.05, 3.63) is 46.7 Å². The maximum absolute atomic E-state index is 13.3. The third-order valence-corrected chi connectivity index (χ3v) is 6.81. The first-order valence-corrected chi connectivity index (χ1v) is 12.7. The van der Waals surface area contributed by atoms with Crippen LogP contribution in [0.5, 0.6) is 0 Å². The van der Waals surface area contributed by atoms with Crippen molar-refractivity contribution < 1.29 is 14.3 Å². The monoisotopic (exact) mass is 486 g/mol. The van der Waals surface area contributed by atoms with Crippen LogP contribution in [0.2, 0.25) is 5.02 Å². The quantitative estimate of drug-likeness (QED) is 0.601. The number of halogens is 1. The van der Waals surface area contributed by atoms with Crippen LogP contribution in [0.25, 0.3) is 5.69 Å². The Bertz CT molecular complexity index is 1020. The van der Waals surface area contributed by atoms with E-state index in [-0.39, 0.29) is 24.0 Å². The minimum Gasteiger partial charge on any atom is -0.444 e. The Kier molecular flexibility index (Phi) is 7.51. The van der Waals surface area contributed by atoms with E-state index in [9.17, 15) is 9.59 Å². The van der Waals surface area contributed by atoms with Gasteiger partial charge in [-0.3, -0.25) is 4.79 Å². The van der Waals surface area contributed by atoms with E-state index in [1.165, 1.54) is 6.42 Å². The summed E-state index contributed by atoms with van der Waals surface area (Å²) in [4.78, 5) is 27.6. The van der Waals surface area contributed by atoms with Gasteiger partial charge in [0.1, 0.15) is 5.60 Å². The summed E-state index contributed by atoms with van der Waals surface area (Å²) < 4.78 is 7.39. The predicted molar refractivity (Wildman–Crippen MR) is 133 cm³/mol. The highest BCUT2D eigenvalue weighted by molar-refractivity contribution is 6.30. The number of benzene rings is 1. The first kappa shape index (κ1) is 24.6. The van der Waals surface area contributed by atoms with Gasteiger partial charge in [-0.15, -0.1) is 0 Å². The Morgan fingerprint density at radius 1 is 1.09 bits per heavy atom. The average Bonchev–Trinajstić information content (AvgIpc) is 3.24. The van der Waals surface area contributed by atoms with Gasteiger partial charge in [0.15, 0.2) is 0 Å². The van der Waals surface area contributed by atoms with Crippen LogP contribution in [0.1, 0.15) is 87.7 Å². The molecule has 2 aromatic rings. The number of nitrogens with one attached hydrogen (secondary N) is 1. The SMILES string of the molecule is CC(C)(C)OC(=O)N1CCC(c2c(C(=O)NC3CCCCC3)cnn2-c2cccc(Cl)c2)CC1. The molecule has 7 nitrogen and oxygen atoms in total. The van der Waals surface area contributed by atoms with Crippen molar-refractivity contribution in [2.24, 2.45) is 0 Å².